The Kier molecular flexibility index (Phi) is 23.3. The number of carbonyl (C=O) groups excluding carboxylic acids is 9. The second-order valence-corrected chi connectivity index (χ2v) is 18.7. The van der Waals surface area contributed by atoms with Crippen molar-refractivity contribution in [1.82, 2.24) is 52.5 Å². The van der Waals surface area contributed by atoms with Crippen molar-refractivity contribution >= 4 is 118 Å². The Balaban J connectivity index is 1.64. The van der Waals surface area contributed by atoms with Crippen molar-refractivity contribution in [2.24, 2.45) is 17.4 Å². The number of aliphatic carboxylic acids is 3. The molecule has 0 spiro atoms. The number of hydrogen-bond donors (Lipinski definition) is 17. The summed E-state index contributed by atoms with van der Waals surface area (Å²) in [6, 6.07) is 1.43. The number of amides is 9. The number of thiol groups is 2. The van der Waals surface area contributed by atoms with E-state index in [1.807, 2.05) is 0 Å². The summed E-state index contributed by atoms with van der Waals surface area (Å²) in [5, 5.41) is 48.5. The molecule has 2 heterocycles. The molecule has 416 valence electrons. The molecule has 0 radical (unpaired) electrons. The minimum Gasteiger partial charge on any atom is -0.481 e. The zero-order valence-electron chi connectivity index (χ0n) is 41.6. The molecule has 0 bridgehead atoms. The molecule has 0 aliphatic carbocycles. The van der Waals surface area contributed by atoms with E-state index >= 15 is 0 Å². The lowest BCUT2D eigenvalue weighted by molar-refractivity contribution is -0.143. The van der Waals surface area contributed by atoms with Crippen LogP contribution in [0.3, 0.4) is 0 Å². The first-order chi connectivity index (χ1) is 36.4. The smallest absolute Gasteiger partial charge is 0.327 e. The quantitative estimate of drug-likeness (QED) is 0.0225. The number of aromatic amines is 2. The number of primary amides is 1. The summed E-state index contributed by atoms with van der Waals surface area (Å²) in [6.07, 6.45) is -0.347. The van der Waals surface area contributed by atoms with Gasteiger partial charge in [0, 0.05) is 65.0 Å². The van der Waals surface area contributed by atoms with Gasteiger partial charge in [0.15, 0.2) is 0 Å². The second kappa shape index (κ2) is 29.2. The summed E-state index contributed by atoms with van der Waals surface area (Å²) in [7, 11) is 0. The number of carbonyl (C=O) groups is 12. The van der Waals surface area contributed by atoms with Crippen LogP contribution in [0.25, 0.3) is 21.8 Å². The average molecular weight is 1110 g/mol. The number of aromatic nitrogens is 2. The van der Waals surface area contributed by atoms with Crippen molar-refractivity contribution in [2.45, 2.75) is 101 Å². The minimum absolute atomic E-state index is 0.151. The maximum Gasteiger partial charge on any atom is 0.327 e. The Labute approximate surface area is 450 Å². The normalized spacial score (nSPS) is 14.3. The Bertz CT molecular complexity index is 2840. The van der Waals surface area contributed by atoms with E-state index in [-0.39, 0.29) is 24.3 Å². The molecule has 0 saturated carbocycles. The van der Waals surface area contributed by atoms with E-state index in [0.717, 1.165) is 0 Å². The van der Waals surface area contributed by atoms with Crippen LogP contribution >= 0.6 is 25.3 Å². The number of nitrogens with two attached hydrogens (primary N) is 2. The van der Waals surface area contributed by atoms with Crippen molar-refractivity contribution in [3.63, 3.8) is 0 Å². The summed E-state index contributed by atoms with van der Waals surface area (Å²) >= 11 is 7.88. The van der Waals surface area contributed by atoms with E-state index in [4.69, 9.17) is 11.5 Å². The lowest BCUT2D eigenvalue weighted by Gasteiger charge is -2.27. The summed E-state index contributed by atoms with van der Waals surface area (Å²) in [5.41, 5.74) is 13.5. The molecule has 8 atom stereocenters. The van der Waals surface area contributed by atoms with Crippen LogP contribution in [0.1, 0.15) is 50.7 Å². The number of para-hydroxylation sites is 2. The third kappa shape index (κ3) is 18.6. The topological polar surface area (TPSA) is 445 Å². The first-order valence-corrected chi connectivity index (χ1v) is 25.1. The van der Waals surface area contributed by atoms with E-state index in [1.165, 1.54) is 13.8 Å². The van der Waals surface area contributed by atoms with Crippen LogP contribution in [0.2, 0.25) is 0 Å². The van der Waals surface area contributed by atoms with Gasteiger partial charge in [-0.05, 0) is 35.6 Å². The molecule has 29 heteroatoms. The van der Waals surface area contributed by atoms with Gasteiger partial charge >= 0.3 is 17.9 Å². The molecule has 0 unspecified atom stereocenters. The van der Waals surface area contributed by atoms with Gasteiger partial charge in [0.25, 0.3) is 0 Å². The molecule has 17 N–H and O–H groups in total. The van der Waals surface area contributed by atoms with E-state index in [9.17, 15) is 72.9 Å². The Hall–Kier alpha value is -8.18. The highest BCUT2D eigenvalue weighted by Gasteiger charge is 2.35. The molecule has 4 rings (SSSR count). The van der Waals surface area contributed by atoms with Crippen LogP contribution in [0, 0.1) is 5.92 Å². The van der Waals surface area contributed by atoms with Gasteiger partial charge in [-0.15, -0.1) is 0 Å². The number of rotatable bonds is 31. The largest absolute Gasteiger partial charge is 0.481 e. The molecule has 9 amide bonds. The molecule has 0 aliphatic rings. The zero-order valence-corrected chi connectivity index (χ0v) is 43.4. The molecule has 2 aromatic heterocycles. The highest BCUT2D eigenvalue weighted by Crippen LogP contribution is 2.21. The number of carboxylic acids is 3. The minimum atomic E-state index is -1.83. The highest BCUT2D eigenvalue weighted by atomic mass is 32.1. The van der Waals surface area contributed by atoms with Gasteiger partial charge in [-0.2, -0.15) is 25.3 Å². The van der Waals surface area contributed by atoms with Gasteiger partial charge in [0.05, 0.1) is 25.4 Å². The molecule has 0 fully saturated rings. The van der Waals surface area contributed by atoms with Gasteiger partial charge in [0.1, 0.15) is 42.3 Å². The van der Waals surface area contributed by atoms with Crippen LogP contribution in [-0.4, -0.2) is 163 Å². The van der Waals surface area contributed by atoms with Crippen molar-refractivity contribution in [2.75, 3.05) is 18.1 Å². The monoisotopic (exact) mass is 1110 g/mol. The SMILES string of the molecule is CC(C)[C@H](NC(=O)[C@H](CC(=O)O)NC(=O)CNC(=O)[C@H](Cc1c[nH]c2ccccc12)NC(=O)[C@H](Cc1c[nH]c2ccccc12)NC(=O)[C@H](CC(N)=O)NC(=O)[C@H](CCC(=O)O)NC(=O)[C@@H](N)CS)C(=O)N[C@@H](CS)C(=O)O. The van der Waals surface area contributed by atoms with Gasteiger partial charge in [0.2, 0.25) is 53.2 Å². The Morgan fingerprint density at radius 2 is 1.01 bits per heavy atom. The van der Waals surface area contributed by atoms with Crippen LogP contribution in [-0.2, 0) is 70.4 Å². The molecule has 0 saturated heterocycles. The third-order valence-electron chi connectivity index (χ3n) is 11.8. The average Bonchev–Trinajstić information content (AvgIpc) is 3.99. The number of hydrogen-bond acceptors (Lipinski definition) is 15. The maximum atomic E-state index is 14.7. The van der Waals surface area contributed by atoms with Crippen LogP contribution < -0.4 is 54.0 Å². The Morgan fingerprint density at radius 3 is 1.51 bits per heavy atom. The third-order valence-corrected chi connectivity index (χ3v) is 12.6. The van der Waals surface area contributed by atoms with Gasteiger partial charge < -0.3 is 79.3 Å². The number of H-pyrrole nitrogens is 2. The summed E-state index contributed by atoms with van der Waals surface area (Å²) in [6.45, 7) is 2.13. The summed E-state index contributed by atoms with van der Waals surface area (Å²) < 4.78 is 0. The van der Waals surface area contributed by atoms with E-state index < -0.39 is 158 Å². The summed E-state index contributed by atoms with van der Waals surface area (Å²) in [5.74, 6) is -14.8. The van der Waals surface area contributed by atoms with Crippen molar-refractivity contribution < 1.29 is 72.9 Å². The molecule has 77 heavy (non-hydrogen) atoms. The first kappa shape index (κ1) is 61.4. The molecule has 0 aliphatic heterocycles. The van der Waals surface area contributed by atoms with Crippen molar-refractivity contribution in [3.05, 3.63) is 72.1 Å². The van der Waals surface area contributed by atoms with Gasteiger partial charge in [-0.25, -0.2) is 4.79 Å². The second-order valence-electron chi connectivity index (χ2n) is 18.0. The molecule has 27 nitrogen and oxygen atoms in total. The van der Waals surface area contributed by atoms with Crippen molar-refractivity contribution in [3.8, 4) is 0 Å². The van der Waals surface area contributed by atoms with Gasteiger partial charge in [-0.1, -0.05) is 50.2 Å². The van der Waals surface area contributed by atoms with Crippen LogP contribution in [0.15, 0.2) is 60.9 Å². The molecular weight excluding hydrogens is 1050 g/mol. The lowest BCUT2D eigenvalue weighted by atomic mass is 10.0. The van der Waals surface area contributed by atoms with Crippen LogP contribution in [0.4, 0.5) is 0 Å². The zero-order chi connectivity index (χ0) is 57.1. The van der Waals surface area contributed by atoms with E-state index in [2.05, 4.69) is 77.8 Å². The van der Waals surface area contributed by atoms with Crippen molar-refractivity contribution in [1.29, 1.82) is 0 Å². The fourth-order valence-electron chi connectivity index (χ4n) is 7.74. The molecule has 4 aromatic rings. The highest BCUT2D eigenvalue weighted by molar-refractivity contribution is 7.80. The number of nitrogens with one attached hydrogen (secondary N) is 10. The van der Waals surface area contributed by atoms with E-state index in [1.54, 1.807) is 60.9 Å². The maximum absolute atomic E-state index is 14.7. The number of benzene rings is 2. The standard InChI is InChI=1S/C48H62N12O15S2/c1-22(2)40(47(73)59-35(21-77)48(74)75)60-46(72)34(16-39(65)66)54-37(62)19-53-42(68)31(13-23-17-51-28-9-5-3-7-25(23)28)56-44(70)32(14-24-18-52-29-10-6-4-8-26(24)29)57-45(71)33(15-36(50)61)58-43(69)30(11-12-38(63)64)55-41(67)27(49)20-76/h3-10,17-18,22,27,30-35,40,51-52,76-77H,11-16,19-21,49H2,1-2H3,(H2,50,61)(H,53,68)(H,54,62)(H,55,67)(H,56,70)(H,57,71)(H,58,69)(H,59,73)(H,60,72)(H,63,64)(H,65,66)(H,74,75)/t27-,30-,31-,32-,33-,34-,35-,40-/m0/s1. The number of fused-ring (bicyclic) bond motifs is 2. The van der Waals surface area contributed by atoms with Gasteiger partial charge in [-0.3, -0.25) is 52.7 Å². The fraction of sp³-hybridized carbons (Fsp3) is 0.417. The van der Waals surface area contributed by atoms with Crippen LogP contribution in [0.5, 0.6) is 0 Å². The molecule has 2 aromatic carbocycles. The summed E-state index contributed by atoms with van der Waals surface area (Å²) in [4.78, 5) is 163. The predicted octanol–water partition coefficient (Wildman–Crippen LogP) is -2.91. The number of carboxylic acid groups (broad SMARTS) is 3. The predicted molar refractivity (Wildman–Crippen MR) is 282 cm³/mol. The fourth-order valence-corrected chi connectivity index (χ4v) is 8.15. The lowest BCUT2D eigenvalue weighted by Crippen LogP contribution is -2.60. The molecular formula is C48H62N12O15S2. The Morgan fingerprint density at radius 1 is 0.545 bits per heavy atom. The first-order valence-electron chi connectivity index (χ1n) is 23.8. The van der Waals surface area contributed by atoms with E-state index in [0.29, 0.717) is 32.9 Å².